The molecule has 0 aromatic rings. The van der Waals surface area contributed by atoms with Crippen molar-refractivity contribution >= 4 is 0 Å². The lowest BCUT2D eigenvalue weighted by Crippen LogP contribution is -2.20. The minimum atomic E-state index is 1.02. The van der Waals surface area contributed by atoms with Crippen molar-refractivity contribution in [1.82, 2.24) is 0 Å². The predicted molar refractivity (Wildman–Crippen MR) is 92.2 cm³/mol. The first kappa shape index (κ1) is 15.9. The molecular formula is C21H38. The molecule has 3 aliphatic carbocycles. The molecule has 3 fully saturated rings. The van der Waals surface area contributed by atoms with E-state index in [9.17, 15) is 0 Å². The Kier molecular flexibility index (Phi) is 5.33. The molecule has 0 bridgehead atoms. The molecule has 122 valence electrons. The zero-order valence-corrected chi connectivity index (χ0v) is 14.8. The number of rotatable bonds is 4. The minimum absolute atomic E-state index is 1.02. The average molecular weight is 291 g/mol. The lowest BCUT2D eigenvalue weighted by Gasteiger charge is -2.30. The van der Waals surface area contributed by atoms with Crippen molar-refractivity contribution in [1.29, 1.82) is 0 Å². The SMILES string of the molecule is CC1CCCCC1CCC1CCC(C2C(C)CCC2C)C1. The molecule has 0 aliphatic heterocycles. The highest BCUT2D eigenvalue weighted by molar-refractivity contribution is 4.89. The van der Waals surface area contributed by atoms with Crippen LogP contribution in [0.15, 0.2) is 0 Å². The van der Waals surface area contributed by atoms with Gasteiger partial charge in [0.15, 0.2) is 0 Å². The summed E-state index contributed by atoms with van der Waals surface area (Å²) in [5.74, 6) is 7.37. The van der Waals surface area contributed by atoms with E-state index in [0.29, 0.717) is 0 Å². The van der Waals surface area contributed by atoms with Crippen LogP contribution in [-0.4, -0.2) is 0 Å². The second-order valence-corrected chi connectivity index (χ2v) is 9.15. The molecule has 0 saturated heterocycles. The van der Waals surface area contributed by atoms with Crippen molar-refractivity contribution in [2.75, 3.05) is 0 Å². The first-order valence-electron chi connectivity index (χ1n) is 10.1. The fourth-order valence-corrected chi connectivity index (χ4v) is 6.40. The monoisotopic (exact) mass is 290 g/mol. The maximum atomic E-state index is 2.53. The average Bonchev–Trinajstić information content (AvgIpc) is 3.05. The Morgan fingerprint density at radius 1 is 0.667 bits per heavy atom. The molecule has 0 radical (unpaired) electrons. The van der Waals surface area contributed by atoms with Gasteiger partial charge in [-0.15, -0.1) is 0 Å². The summed E-state index contributed by atoms with van der Waals surface area (Å²) in [4.78, 5) is 0. The Morgan fingerprint density at radius 2 is 1.38 bits per heavy atom. The van der Waals surface area contributed by atoms with Crippen LogP contribution in [0.4, 0.5) is 0 Å². The predicted octanol–water partition coefficient (Wildman–Crippen LogP) is 6.69. The van der Waals surface area contributed by atoms with Crippen molar-refractivity contribution in [3.8, 4) is 0 Å². The van der Waals surface area contributed by atoms with E-state index in [2.05, 4.69) is 20.8 Å². The highest BCUT2D eigenvalue weighted by Crippen LogP contribution is 2.49. The first-order valence-corrected chi connectivity index (χ1v) is 10.1. The quantitative estimate of drug-likeness (QED) is 0.541. The van der Waals surface area contributed by atoms with Gasteiger partial charge in [0.2, 0.25) is 0 Å². The van der Waals surface area contributed by atoms with Gasteiger partial charge in [-0.3, -0.25) is 0 Å². The molecule has 21 heavy (non-hydrogen) atoms. The van der Waals surface area contributed by atoms with Crippen molar-refractivity contribution < 1.29 is 0 Å². The van der Waals surface area contributed by atoms with E-state index in [1.165, 1.54) is 38.5 Å². The van der Waals surface area contributed by atoms with Gasteiger partial charge in [-0.2, -0.15) is 0 Å². The standard InChI is InChI=1S/C21H38/c1-15-6-4-5-7-19(15)12-10-18-11-13-20(14-18)21-16(2)8-9-17(21)3/h15-21H,4-14H2,1-3H3. The summed E-state index contributed by atoms with van der Waals surface area (Å²) >= 11 is 0. The van der Waals surface area contributed by atoms with Crippen LogP contribution in [0.5, 0.6) is 0 Å². The third-order valence-electron chi connectivity index (χ3n) is 7.75. The Balaban J connectivity index is 1.44. The summed E-state index contributed by atoms with van der Waals surface area (Å²) in [6.45, 7) is 7.58. The van der Waals surface area contributed by atoms with Crippen LogP contribution in [0.1, 0.15) is 91.4 Å². The normalized spacial score (nSPS) is 47.9. The zero-order valence-electron chi connectivity index (χ0n) is 14.8. The molecule has 0 nitrogen and oxygen atoms in total. The Morgan fingerprint density at radius 3 is 2.10 bits per heavy atom. The Bertz CT molecular complexity index is 310. The minimum Gasteiger partial charge on any atom is -0.0622 e. The van der Waals surface area contributed by atoms with Crippen LogP contribution in [0, 0.1) is 41.4 Å². The molecule has 6 unspecified atom stereocenters. The van der Waals surface area contributed by atoms with Gasteiger partial charge in [-0.1, -0.05) is 72.1 Å². The fourth-order valence-electron chi connectivity index (χ4n) is 6.40. The topological polar surface area (TPSA) is 0 Å². The Labute approximate surface area is 133 Å². The largest absolute Gasteiger partial charge is 0.0622 e. The van der Waals surface area contributed by atoms with E-state index in [-0.39, 0.29) is 0 Å². The van der Waals surface area contributed by atoms with Crippen LogP contribution in [0.2, 0.25) is 0 Å². The van der Waals surface area contributed by atoms with Gasteiger partial charge >= 0.3 is 0 Å². The number of hydrogen-bond acceptors (Lipinski definition) is 0. The first-order chi connectivity index (χ1) is 10.1. The second kappa shape index (κ2) is 7.05. The van der Waals surface area contributed by atoms with Crippen LogP contribution >= 0.6 is 0 Å². The summed E-state index contributed by atoms with van der Waals surface area (Å²) in [7, 11) is 0. The van der Waals surface area contributed by atoms with Crippen LogP contribution in [0.3, 0.4) is 0 Å². The van der Waals surface area contributed by atoms with Gasteiger partial charge in [0.25, 0.3) is 0 Å². The fraction of sp³-hybridized carbons (Fsp3) is 1.00. The third kappa shape index (κ3) is 3.67. The van der Waals surface area contributed by atoms with Gasteiger partial charge in [0.05, 0.1) is 0 Å². The molecule has 0 heteroatoms. The summed E-state index contributed by atoms with van der Waals surface area (Å²) < 4.78 is 0. The van der Waals surface area contributed by atoms with Gasteiger partial charge in [-0.05, 0) is 60.7 Å². The molecule has 0 N–H and O–H groups in total. The van der Waals surface area contributed by atoms with Crippen molar-refractivity contribution in [2.45, 2.75) is 91.4 Å². The molecule has 6 atom stereocenters. The van der Waals surface area contributed by atoms with Gasteiger partial charge < -0.3 is 0 Å². The van der Waals surface area contributed by atoms with Crippen molar-refractivity contribution in [3.63, 3.8) is 0 Å². The second-order valence-electron chi connectivity index (χ2n) is 9.15. The van der Waals surface area contributed by atoms with Crippen LogP contribution in [0.25, 0.3) is 0 Å². The van der Waals surface area contributed by atoms with E-state index in [1.807, 2.05) is 0 Å². The molecular weight excluding hydrogens is 252 g/mol. The smallest absolute Gasteiger partial charge is 0.0334 e. The molecule has 0 aromatic carbocycles. The van der Waals surface area contributed by atoms with E-state index < -0.39 is 0 Å². The van der Waals surface area contributed by atoms with Gasteiger partial charge in [0.1, 0.15) is 0 Å². The maximum absolute atomic E-state index is 2.53. The lowest BCUT2D eigenvalue weighted by molar-refractivity contribution is 0.209. The summed E-state index contributed by atoms with van der Waals surface area (Å²) in [6, 6.07) is 0. The van der Waals surface area contributed by atoms with Crippen LogP contribution in [-0.2, 0) is 0 Å². The molecule has 3 aliphatic rings. The van der Waals surface area contributed by atoms with E-state index in [4.69, 9.17) is 0 Å². The zero-order chi connectivity index (χ0) is 14.8. The van der Waals surface area contributed by atoms with E-state index in [1.54, 1.807) is 32.1 Å². The highest BCUT2D eigenvalue weighted by Gasteiger charge is 2.39. The molecule has 0 spiro atoms. The number of hydrogen-bond donors (Lipinski definition) is 0. The van der Waals surface area contributed by atoms with Gasteiger partial charge in [-0.25, -0.2) is 0 Å². The summed E-state index contributed by atoms with van der Waals surface area (Å²) in [5, 5.41) is 0. The van der Waals surface area contributed by atoms with Crippen molar-refractivity contribution in [3.05, 3.63) is 0 Å². The van der Waals surface area contributed by atoms with E-state index >= 15 is 0 Å². The van der Waals surface area contributed by atoms with E-state index in [0.717, 1.165) is 41.4 Å². The molecule has 0 heterocycles. The third-order valence-corrected chi connectivity index (χ3v) is 7.75. The van der Waals surface area contributed by atoms with Crippen molar-refractivity contribution in [2.24, 2.45) is 41.4 Å². The summed E-state index contributed by atoms with van der Waals surface area (Å²) in [5.41, 5.74) is 0. The molecule has 3 saturated carbocycles. The van der Waals surface area contributed by atoms with Gasteiger partial charge in [0, 0.05) is 0 Å². The van der Waals surface area contributed by atoms with Crippen LogP contribution < -0.4 is 0 Å². The maximum Gasteiger partial charge on any atom is -0.0334 e. The lowest BCUT2D eigenvalue weighted by atomic mass is 9.76. The Hall–Kier alpha value is 0. The highest BCUT2D eigenvalue weighted by atomic mass is 14.4. The summed E-state index contributed by atoms with van der Waals surface area (Å²) in [6.07, 6.45) is 16.9. The molecule has 0 amide bonds. The molecule has 3 rings (SSSR count). The molecule has 0 aromatic heterocycles.